The largest absolute Gasteiger partial charge is 0.444 e. The quantitative estimate of drug-likeness (QED) is 0.758. The van der Waals surface area contributed by atoms with Crippen molar-refractivity contribution < 1.29 is 23.9 Å². The van der Waals surface area contributed by atoms with Gasteiger partial charge in [0.25, 0.3) is 5.91 Å². The summed E-state index contributed by atoms with van der Waals surface area (Å²) in [5.74, 6) is -1.02. The van der Waals surface area contributed by atoms with Crippen LogP contribution in [0.15, 0.2) is 42.5 Å². The molecule has 0 saturated carbocycles. The van der Waals surface area contributed by atoms with Gasteiger partial charge in [-0.2, -0.15) is 0 Å². The van der Waals surface area contributed by atoms with Crippen LogP contribution in [0.4, 0.5) is 10.5 Å². The van der Waals surface area contributed by atoms with E-state index >= 15 is 0 Å². The summed E-state index contributed by atoms with van der Waals surface area (Å²) in [5.41, 5.74) is 3.68. The van der Waals surface area contributed by atoms with Gasteiger partial charge in [-0.25, -0.2) is 4.79 Å². The van der Waals surface area contributed by atoms with Crippen LogP contribution in [0, 0.1) is 6.92 Å². The van der Waals surface area contributed by atoms with E-state index in [4.69, 9.17) is 4.74 Å². The van der Waals surface area contributed by atoms with E-state index in [1.807, 2.05) is 19.1 Å². The van der Waals surface area contributed by atoms with Crippen LogP contribution < -0.4 is 10.6 Å². The molecule has 2 N–H and O–H groups in total. The van der Waals surface area contributed by atoms with Gasteiger partial charge in [0.1, 0.15) is 12.6 Å². The number of nitrogens with zero attached hydrogens (tertiary/aromatic N) is 1. The molecule has 1 atom stereocenters. The first-order valence-corrected chi connectivity index (χ1v) is 9.67. The Bertz CT molecular complexity index is 1030. The first kappa shape index (κ1) is 19.6. The first-order valence-electron chi connectivity index (χ1n) is 9.67. The maximum atomic E-state index is 12.8. The van der Waals surface area contributed by atoms with Crippen molar-refractivity contribution in [3.8, 4) is 0 Å². The zero-order valence-corrected chi connectivity index (χ0v) is 16.4. The van der Waals surface area contributed by atoms with Gasteiger partial charge in [-0.3, -0.25) is 25.0 Å². The van der Waals surface area contributed by atoms with E-state index in [0.29, 0.717) is 29.8 Å². The molecule has 0 aliphatic carbocycles. The molecule has 4 amide bonds. The van der Waals surface area contributed by atoms with E-state index < -0.39 is 18.0 Å². The number of carbonyl (C=O) groups excluding carboxylic acids is 4. The number of hydrogen-bond donors (Lipinski definition) is 2. The number of benzene rings is 2. The molecule has 154 valence electrons. The van der Waals surface area contributed by atoms with Crippen molar-refractivity contribution in [1.29, 1.82) is 0 Å². The number of rotatable bonds is 4. The molecule has 8 nitrogen and oxygen atoms in total. The van der Waals surface area contributed by atoms with Crippen LogP contribution in [0.25, 0.3) is 0 Å². The van der Waals surface area contributed by atoms with Gasteiger partial charge < -0.3 is 9.64 Å². The lowest BCUT2D eigenvalue weighted by Crippen LogP contribution is -2.52. The Balaban J connectivity index is 1.38. The van der Waals surface area contributed by atoms with Crippen molar-refractivity contribution in [2.24, 2.45) is 0 Å². The monoisotopic (exact) mass is 407 g/mol. The second-order valence-corrected chi connectivity index (χ2v) is 7.46. The molecular weight excluding hydrogens is 386 g/mol. The molecule has 0 radical (unpaired) electrons. The lowest BCUT2D eigenvalue weighted by Gasteiger charge is -2.29. The number of imide groups is 1. The molecular formula is C22H21N3O5. The number of piperidine rings is 1. The highest BCUT2D eigenvalue weighted by Gasteiger charge is 2.39. The lowest BCUT2D eigenvalue weighted by atomic mass is 10.0. The predicted octanol–water partition coefficient (Wildman–Crippen LogP) is 2.50. The van der Waals surface area contributed by atoms with Gasteiger partial charge in [-0.1, -0.05) is 29.8 Å². The van der Waals surface area contributed by atoms with E-state index in [2.05, 4.69) is 10.6 Å². The normalized spacial score (nSPS) is 18.1. The predicted molar refractivity (Wildman–Crippen MR) is 107 cm³/mol. The Labute approximate surface area is 173 Å². The van der Waals surface area contributed by atoms with E-state index in [1.165, 1.54) is 4.90 Å². The summed E-state index contributed by atoms with van der Waals surface area (Å²) in [6.07, 6.45) is -0.0542. The molecule has 2 aromatic rings. The van der Waals surface area contributed by atoms with Gasteiger partial charge in [0, 0.05) is 24.2 Å². The van der Waals surface area contributed by atoms with Crippen LogP contribution >= 0.6 is 0 Å². The summed E-state index contributed by atoms with van der Waals surface area (Å²) in [6.45, 7) is 2.28. The van der Waals surface area contributed by atoms with Crippen molar-refractivity contribution in [3.05, 3.63) is 64.7 Å². The molecule has 1 fully saturated rings. The highest BCUT2D eigenvalue weighted by molar-refractivity contribution is 6.05. The smallest absolute Gasteiger partial charge is 0.411 e. The summed E-state index contributed by atoms with van der Waals surface area (Å²) < 4.78 is 5.25. The summed E-state index contributed by atoms with van der Waals surface area (Å²) in [6, 6.07) is 12.0. The first-order chi connectivity index (χ1) is 14.4. The van der Waals surface area contributed by atoms with Crippen molar-refractivity contribution >= 4 is 29.5 Å². The third-order valence-electron chi connectivity index (χ3n) is 5.26. The number of amides is 4. The van der Waals surface area contributed by atoms with Crippen LogP contribution in [0.1, 0.15) is 39.9 Å². The van der Waals surface area contributed by atoms with Gasteiger partial charge in [0.15, 0.2) is 0 Å². The molecule has 2 aliphatic heterocycles. The molecule has 1 saturated heterocycles. The maximum Gasteiger partial charge on any atom is 0.411 e. The SMILES string of the molecule is Cc1ccc(NC(=O)OCc2ccc3c(c2)C(=O)N(C2CCC(=O)NC2=O)C3)cc1. The fourth-order valence-electron chi connectivity index (χ4n) is 3.63. The molecule has 0 spiro atoms. The molecule has 1 unspecified atom stereocenters. The molecule has 4 rings (SSSR count). The minimum absolute atomic E-state index is 0.0106. The number of carbonyl (C=O) groups is 4. The number of anilines is 1. The Morgan fingerprint density at radius 3 is 2.67 bits per heavy atom. The maximum absolute atomic E-state index is 12.8. The average molecular weight is 407 g/mol. The summed E-state index contributed by atoms with van der Waals surface area (Å²) >= 11 is 0. The van der Waals surface area contributed by atoms with Gasteiger partial charge in [-0.05, 0) is 42.7 Å². The zero-order valence-electron chi connectivity index (χ0n) is 16.4. The fraction of sp³-hybridized carbons (Fsp3) is 0.273. The fourth-order valence-corrected chi connectivity index (χ4v) is 3.63. The van der Waals surface area contributed by atoms with Crippen molar-refractivity contribution in [2.45, 2.75) is 39.0 Å². The number of nitrogens with one attached hydrogen (secondary N) is 2. The number of aryl methyl sites for hydroxylation is 1. The van der Waals surface area contributed by atoms with Crippen LogP contribution in [-0.2, 0) is 27.5 Å². The van der Waals surface area contributed by atoms with Gasteiger partial charge in [0.2, 0.25) is 11.8 Å². The Morgan fingerprint density at radius 2 is 1.93 bits per heavy atom. The average Bonchev–Trinajstić information content (AvgIpc) is 3.04. The molecule has 2 heterocycles. The van der Waals surface area contributed by atoms with Crippen LogP contribution in [0.5, 0.6) is 0 Å². The highest BCUT2D eigenvalue weighted by atomic mass is 16.5. The van der Waals surface area contributed by atoms with E-state index in [9.17, 15) is 19.2 Å². The number of fused-ring (bicyclic) bond motifs is 1. The number of ether oxygens (including phenoxy) is 1. The molecule has 30 heavy (non-hydrogen) atoms. The Morgan fingerprint density at radius 1 is 1.17 bits per heavy atom. The summed E-state index contributed by atoms with van der Waals surface area (Å²) in [7, 11) is 0. The van der Waals surface area contributed by atoms with Crippen molar-refractivity contribution in [2.75, 3.05) is 5.32 Å². The third-order valence-corrected chi connectivity index (χ3v) is 5.26. The van der Waals surface area contributed by atoms with E-state index in [-0.39, 0.29) is 24.8 Å². The van der Waals surface area contributed by atoms with Gasteiger partial charge >= 0.3 is 6.09 Å². The summed E-state index contributed by atoms with van der Waals surface area (Å²) in [5, 5.41) is 4.94. The van der Waals surface area contributed by atoms with Crippen LogP contribution in [-0.4, -0.2) is 34.8 Å². The Hall–Kier alpha value is -3.68. The molecule has 2 aliphatic rings. The van der Waals surface area contributed by atoms with E-state index in [0.717, 1.165) is 11.1 Å². The van der Waals surface area contributed by atoms with Crippen molar-refractivity contribution in [1.82, 2.24) is 10.2 Å². The van der Waals surface area contributed by atoms with Gasteiger partial charge in [-0.15, -0.1) is 0 Å². The van der Waals surface area contributed by atoms with Crippen molar-refractivity contribution in [3.63, 3.8) is 0 Å². The molecule has 2 aromatic carbocycles. The Kier molecular flexibility index (Phi) is 5.22. The lowest BCUT2D eigenvalue weighted by molar-refractivity contribution is -0.136. The standard InChI is InChI=1S/C22H21N3O5/c1-13-2-6-16(7-3-13)23-22(29)30-12-14-4-5-15-11-25(21(28)17(15)10-14)18-8-9-19(26)24-20(18)27/h2-7,10,18H,8-9,11-12H2,1H3,(H,23,29)(H,24,26,27). The van der Waals surface area contributed by atoms with Crippen LogP contribution in [0.3, 0.4) is 0 Å². The second kappa shape index (κ2) is 7.98. The van der Waals surface area contributed by atoms with Gasteiger partial charge in [0.05, 0.1) is 0 Å². The van der Waals surface area contributed by atoms with E-state index in [1.54, 1.807) is 30.3 Å². The second-order valence-electron chi connectivity index (χ2n) is 7.46. The minimum Gasteiger partial charge on any atom is -0.444 e. The minimum atomic E-state index is -0.650. The molecule has 8 heteroatoms. The highest BCUT2D eigenvalue weighted by Crippen LogP contribution is 2.28. The zero-order chi connectivity index (χ0) is 21.3. The third kappa shape index (κ3) is 4.03. The molecule has 0 bridgehead atoms. The summed E-state index contributed by atoms with van der Waals surface area (Å²) in [4.78, 5) is 49.8. The topological polar surface area (TPSA) is 105 Å². The number of hydrogen-bond acceptors (Lipinski definition) is 5. The molecule has 0 aromatic heterocycles. The van der Waals surface area contributed by atoms with Crippen LogP contribution in [0.2, 0.25) is 0 Å².